The van der Waals surface area contributed by atoms with Gasteiger partial charge in [-0.25, -0.2) is 0 Å². The molecular formula is C22H31N3OS2. The number of thiocarbonyl (C=S) groups is 1. The highest BCUT2D eigenvalue weighted by Gasteiger charge is 2.17. The van der Waals surface area contributed by atoms with Crippen LogP contribution < -0.4 is 10.1 Å². The van der Waals surface area contributed by atoms with Gasteiger partial charge in [0.05, 0.1) is 13.7 Å². The molecule has 0 unspecified atom stereocenters. The SMILES string of the molecule is COc1ccc(NC(=S)N(CCCN2CCC[C@H](C)C2)Cc2cccs2)cc1. The number of piperidine rings is 1. The first-order chi connectivity index (χ1) is 13.6. The van der Waals surface area contributed by atoms with E-state index in [1.807, 2.05) is 24.3 Å². The minimum atomic E-state index is 0.783. The highest BCUT2D eigenvalue weighted by Crippen LogP contribution is 2.19. The van der Waals surface area contributed by atoms with Gasteiger partial charge in [-0.2, -0.15) is 0 Å². The quantitative estimate of drug-likeness (QED) is 0.605. The van der Waals surface area contributed by atoms with E-state index in [2.05, 4.69) is 39.6 Å². The Morgan fingerprint density at radius 2 is 2.14 bits per heavy atom. The number of nitrogens with one attached hydrogen (secondary N) is 1. The van der Waals surface area contributed by atoms with Crippen LogP contribution in [-0.4, -0.2) is 48.2 Å². The van der Waals surface area contributed by atoms with E-state index in [9.17, 15) is 0 Å². The van der Waals surface area contributed by atoms with E-state index in [4.69, 9.17) is 17.0 Å². The Hall–Kier alpha value is -1.63. The van der Waals surface area contributed by atoms with Crippen molar-refractivity contribution in [1.29, 1.82) is 0 Å². The van der Waals surface area contributed by atoms with Crippen LogP contribution >= 0.6 is 23.6 Å². The first-order valence-electron chi connectivity index (χ1n) is 10.1. The van der Waals surface area contributed by atoms with Gasteiger partial charge in [-0.05, 0) is 86.2 Å². The fraction of sp³-hybridized carbons (Fsp3) is 0.500. The number of rotatable bonds is 8. The lowest BCUT2D eigenvalue weighted by Crippen LogP contribution is -2.39. The predicted octanol–water partition coefficient (Wildman–Crippen LogP) is 5.08. The topological polar surface area (TPSA) is 27.7 Å². The van der Waals surface area contributed by atoms with Gasteiger partial charge >= 0.3 is 0 Å². The Balaban J connectivity index is 1.56. The number of hydrogen-bond donors (Lipinski definition) is 1. The molecule has 1 N–H and O–H groups in total. The summed E-state index contributed by atoms with van der Waals surface area (Å²) < 4.78 is 5.24. The zero-order valence-corrected chi connectivity index (χ0v) is 18.5. The molecule has 0 spiro atoms. The molecule has 1 aromatic carbocycles. The van der Waals surface area contributed by atoms with E-state index in [1.165, 1.54) is 30.8 Å². The molecule has 28 heavy (non-hydrogen) atoms. The summed E-state index contributed by atoms with van der Waals surface area (Å²) in [6.07, 6.45) is 3.83. The van der Waals surface area contributed by atoms with Gasteiger partial charge in [-0.15, -0.1) is 11.3 Å². The summed E-state index contributed by atoms with van der Waals surface area (Å²) >= 11 is 7.54. The van der Waals surface area contributed by atoms with Crippen molar-refractivity contribution in [3.63, 3.8) is 0 Å². The average Bonchev–Trinajstić information content (AvgIpc) is 3.21. The van der Waals surface area contributed by atoms with Gasteiger partial charge in [0.15, 0.2) is 5.11 Å². The zero-order chi connectivity index (χ0) is 19.8. The third-order valence-electron chi connectivity index (χ3n) is 5.20. The molecule has 0 amide bonds. The highest BCUT2D eigenvalue weighted by molar-refractivity contribution is 7.80. The molecule has 0 aliphatic carbocycles. The summed E-state index contributed by atoms with van der Waals surface area (Å²) in [6, 6.07) is 12.2. The van der Waals surface area contributed by atoms with Crippen LogP contribution in [-0.2, 0) is 6.54 Å². The number of nitrogens with zero attached hydrogens (tertiary/aromatic N) is 2. The van der Waals surface area contributed by atoms with Crippen LogP contribution in [0.1, 0.15) is 31.1 Å². The first kappa shape index (κ1) is 21.1. The van der Waals surface area contributed by atoms with Crippen LogP contribution in [0, 0.1) is 5.92 Å². The standard InChI is InChI=1S/C22H31N3OS2/c1-18-6-3-12-24(16-18)13-5-14-25(17-21-7-4-15-28-21)22(27)23-19-8-10-20(26-2)11-9-19/h4,7-11,15,18H,3,5-6,12-14,16-17H2,1-2H3,(H,23,27)/t18-/m0/s1. The summed E-state index contributed by atoms with van der Waals surface area (Å²) in [5, 5.41) is 6.30. The van der Waals surface area contributed by atoms with Crippen LogP contribution in [0.4, 0.5) is 5.69 Å². The smallest absolute Gasteiger partial charge is 0.173 e. The van der Waals surface area contributed by atoms with Crippen molar-refractivity contribution in [1.82, 2.24) is 9.80 Å². The molecule has 1 aliphatic rings. The Morgan fingerprint density at radius 3 is 2.82 bits per heavy atom. The predicted molar refractivity (Wildman–Crippen MR) is 123 cm³/mol. The number of likely N-dealkylation sites (tertiary alicyclic amines) is 1. The molecule has 0 saturated carbocycles. The van der Waals surface area contributed by atoms with Gasteiger partial charge in [0, 0.05) is 23.7 Å². The summed E-state index contributed by atoms with van der Waals surface area (Å²) in [5.41, 5.74) is 0.992. The summed E-state index contributed by atoms with van der Waals surface area (Å²) in [4.78, 5) is 6.24. The zero-order valence-electron chi connectivity index (χ0n) is 16.9. The molecule has 2 aromatic rings. The first-order valence-corrected chi connectivity index (χ1v) is 11.4. The molecule has 1 fully saturated rings. The molecule has 3 rings (SSSR count). The monoisotopic (exact) mass is 417 g/mol. The fourth-order valence-corrected chi connectivity index (χ4v) is 4.69. The van der Waals surface area contributed by atoms with Crippen molar-refractivity contribution < 1.29 is 4.74 Å². The van der Waals surface area contributed by atoms with Crippen molar-refractivity contribution in [2.24, 2.45) is 5.92 Å². The number of thiophene rings is 1. The second-order valence-corrected chi connectivity index (χ2v) is 8.98. The Bertz CT molecular complexity index is 718. The van der Waals surface area contributed by atoms with E-state index in [0.29, 0.717) is 0 Å². The second kappa shape index (κ2) is 10.8. The Morgan fingerprint density at radius 1 is 1.32 bits per heavy atom. The molecule has 0 bridgehead atoms. The summed E-state index contributed by atoms with van der Waals surface area (Å²) in [5.74, 6) is 1.68. The maximum atomic E-state index is 5.75. The van der Waals surface area contributed by atoms with Gasteiger partial charge in [-0.1, -0.05) is 13.0 Å². The van der Waals surface area contributed by atoms with Crippen LogP contribution in [0.2, 0.25) is 0 Å². The lowest BCUT2D eigenvalue weighted by Gasteiger charge is -2.32. The minimum absolute atomic E-state index is 0.783. The Labute approximate surface area is 178 Å². The Kier molecular flexibility index (Phi) is 8.13. The molecule has 4 nitrogen and oxygen atoms in total. The van der Waals surface area contributed by atoms with Gasteiger partial charge in [0.25, 0.3) is 0 Å². The van der Waals surface area contributed by atoms with Crippen molar-refractivity contribution in [2.75, 3.05) is 38.6 Å². The molecule has 1 saturated heterocycles. The molecule has 1 atom stereocenters. The van der Waals surface area contributed by atoms with Crippen LogP contribution in [0.3, 0.4) is 0 Å². The maximum Gasteiger partial charge on any atom is 0.173 e. The molecule has 0 radical (unpaired) electrons. The van der Waals surface area contributed by atoms with Crippen LogP contribution in [0.25, 0.3) is 0 Å². The average molecular weight is 418 g/mol. The van der Waals surface area contributed by atoms with Crippen molar-refractivity contribution in [3.8, 4) is 5.75 Å². The number of benzene rings is 1. The molecule has 152 valence electrons. The number of ether oxygens (including phenoxy) is 1. The largest absolute Gasteiger partial charge is 0.497 e. The normalized spacial score (nSPS) is 17.3. The molecular weight excluding hydrogens is 386 g/mol. The van der Waals surface area contributed by atoms with Gasteiger partial charge < -0.3 is 19.9 Å². The lowest BCUT2D eigenvalue weighted by molar-refractivity contribution is 0.177. The number of anilines is 1. The van der Waals surface area contributed by atoms with Gasteiger partial charge in [0.1, 0.15) is 5.75 Å². The molecule has 1 aromatic heterocycles. The number of hydrogen-bond acceptors (Lipinski definition) is 4. The maximum absolute atomic E-state index is 5.75. The van der Waals surface area contributed by atoms with Crippen molar-refractivity contribution in [2.45, 2.75) is 32.7 Å². The van der Waals surface area contributed by atoms with Crippen LogP contribution in [0.5, 0.6) is 5.75 Å². The van der Waals surface area contributed by atoms with E-state index in [1.54, 1.807) is 18.4 Å². The van der Waals surface area contributed by atoms with E-state index in [-0.39, 0.29) is 0 Å². The van der Waals surface area contributed by atoms with E-state index >= 15 is 0 Å². The van der Waals surface area contributed by atoms with E-state index < -0.39 is 0 Å². The third-order valence-corrected chi connectivity index (χ3v) is 6.42. The highest BCUT2D eigenvalue weighted by atomic mass is 32.1. The summed E-state index contributed by atoms with van der Waals surface area (Å²) in [6.45, 7) is 7.81. The lowest BCUT2D eigenvalue weighted by atomic mass is 10.0. The number of methoxy groups -OCH3 is 1. The summed E-state index contributed by atoms with van der Waals surface area (Å²) in [7, 11) is 1.68. The molecule has 2 heterocycles. The van der Waals surface area contributed by atoms with Gasteiger partial charge in [-0.3, -0.25) is 0 Å². The molecule has 1 aliphatic heterocycles. The second-order valence-electron chi connectivity index (χ2n) is 7.56. The van der Waals surface area contributed by atoms with E-state index in [0.717, 1.165) is 48.5 Å². The minimum Gasteiger partial charge on any atom is -0.497 e. The van der Waals surface area contributed by atoms with Crippen molar-refractivity contribution >= 4 is 34.4 Å². The molecule has 6 heteroatoms. The fourth-order valence-electron chi connectivity index (χ4n) is 3.69. The van der Waals surface area contributed by atoms with Crippen LogP contribution in [0.15, 0.2) is 41.8 Å². The van der Waals surface area contributed by atoms with Crippen molar-refractivity contribution in [3.05, 3.63) is 46.7 Å². The third kappa shape index (κ3) is 6.47. The van der Waals surface area contributed by atoms with Gasteiger partial charge in [0.2, 0.25) is 0 Å².